The highest BCUT2D eigenvalue weighted by atomic mass is 19.4. The van der Waals surface area contributed by atoms with Crippen molar-refractivity contribution in [3.8, 4) is 11.5 Å². The Morgan fingerprint density at radius 2 is 1.79 bits per heavy atom. The zero-order chi connectivity index (χ0) is 17.2. The summed E-state index contributed by atoms with van der Waals surface area (Å²) in [5.41, 5.74) is 0.0833. The van der Waals surface area contributed by atoms with E-state index < -0.39 is 17.9 Å². The molecule has 1 aromatic carbocycles. The summed E-state index contributed by atoms with van der Waals surface area (Å²) in [6, 6.07) is 2.78. The van der Waals surface area contributed by atoms with Crippen LogP contribution >= 0.6 is 0 Å². The summed E-state index contributed by atoms with van der Waals surface area (Å²) in [6.45, 7) is 0.283. The maximum atomic E-state index is 14.5. The van der Waals surface area contributed by atoms with Gasteiger partial charge in [-0.2, -0.15) is 0 Å². The zero-order valence-corrected chi connectivity index (χ0v) is 13.2. The number of halogens is 4. The maximum Gasteiger partial charge on any atom is 0.573 e. The fourth-order valence-corrected chi connectivity index (χ4v) is 2.89. The lowest BCUT2D eigenvalue weighted by Gasteiger charge is -2.16. The Balaban J connectivity index is 1.82. The number of ether oxygens (including phenoxy) is 2. The molecule has 3 rings (SSSR count). The van der Waals surface area contributed by atoms with Crippen LogP contribution in [0.1, 0.15) is 44.1 Å². The molecule has 0 atom stereocenters. The average Bonchev–Trinajstić information content (AvgIpc) is 3.19. The largest absolute Gasteiger partial charge is 0.573 e. The Morgan fingerprint density at radius 1 is 1.08 bits per heavy atom. The van der Waals surface area contributed by atoms with Crippen molar-refractivity contribution in [2.45, 2.75) is 44.9 Å². The van der Waals surface area contributed by atoms with Crippen molar-refractivity contribution in [3.05, 3.63) is 29.6 Å². The second kappa shape index (κ2) is 7.03. The lowest BCUT2D eigenvalue weighted by molar-refractivity contribution is -0.276. The number of rotatable bonds is 6. The van der Waals surface area contributed by atoms with E-state index in [4.69, 9.17) is 4.74 Å². The molecular weight excluding hydrogens is 324 g/mol. The van der Waals surface area contributed by atoms with Gasteiger partial charge in [0.2, 0.25) is 5.75 Å². The highest BCUT2D eigenvalue weighted by Gasteiger charge is 2.35. The van der Waals surface area contributed by atoms with Gasteiger partial charge in [0.25, 0.3) is 0 Å². The van der Waals surface area contributed by atoms with Crippen LogP contribution < -0.4 is 9.47 Å². The van der Waals surface area contributed by atoms with Crippen molar-refractivity contribution in [1.82, 2.24) is 0 Å². The van der Waals surface area contributed by atoms with Gasteiger partial charge in [-0.25, -0.2) is 4.39 Å². The summed E-state index contributed by atoms with van der Waals surface area (Å²) in [6.07, 6.45) is 4.75. The van der Waals surface area contributed by atoms with E-state index in [1.54, 1.807) is 6.08 Å². The Kier molecular flexibility index (Phi) is 5.01. The van der Waals surface area contributed by atoms with Crippen LogP contribution in [0.3, 0.4) is 0 Å². The third-order valence-electron chi connectivity index (χ3n) is 4.43. The molecule has 0 spiro atoms. The van der Waals surface area contributed by atoms with Gasteiger partial charge in [0.1, 0.15) is 0 Å². The van der Waals surface area contributed by atoms with E-state index >= 15 is 0 Å². The third-order valence-corrected chi connectivity index (χ3v) is 4.43. The first kappa shape index (κ1) is 17.1. The van der Waals surface area contributed by atoms with Crippen LogP contribution in [0.4, 0.5) is 17.6 Å². The van der Waals surface area contributed by atoms with Crippen molar-refractivity contribution in [2.24, 2.45) is 11.8 Å². The minimum Gasteiger partial charge on any atom is -0.489 e. The fraction of sp³-hybridized carbons (Fsp3) is 0.556. The molecule has 24 heavy (non-hydrogen) atoms. The summed E-state index contributed by atoms with van der Waals surface area (Å²) >= 11 is 0. The standard InChI is InChI=1S/C18H20F4O2/c19-16-14(8-7-12-3-1-2-4-12)9-10-15(23-11-13-5-6-13)17(16)24-18(20,21)22/h7-10,12-13H,1-6,11H2/b8-7+. The van der Waals surface area contributed by atoms with Gasteiger partial charge in [0.05, 0.1) is 6.61 Å². The SMILES string of the molecule is Fc1c(/C=C/C2CCCC2)ccc(OCC2CC2)c1OC(F)(F)F. The molecule has 0 saturated heterocycles. The number of hydrogen-bond acceptors (Lipinski definition) is 2. The molecule has 2 nitrogen and oxygen atoms in total. The van der Waals surface area contributed by atoms with Crippen molar-refractivity contribution in [2.75, 3.05) is 6.61 Å². The fourth-order valence-electron chi connectivity index (χ4n) is 2.89. The summed E-state index contributed by atoms with van der Waals surface area (Å²) in [5.74, 6) is -1.41. The molecule has 132 valence electrons. The minimum atomic E-state index is -4.97. The zero-order valence-electron chi connectivity index (χ0n) is 13.2. The van der Waals surface area contributed by atoms with Gasteiger partial charge in [0.15, 0.2) is 11.6 Å². The topological polar surface area (TPSA) is 18.5 Å². The lowest BCUT2D eigenvalue weighted by Crippen LogP contribution is -2.19. The summed E-state index contributed by atoms with van der Waals surface area (Å²) in [5, 5.41) is 0. The molecule has 0 N–H and O–H groups in total. The monoisotopic (exact) mass is 344 g/mol. The molecule has 0 aromatic heterocycles. The second-order valence-corrected chi connectivity index (χ2v) is 6.50. The van der Waals surface area contributed by atoms with Crippen molar-refractivity contribution < 1.29 is 27.0 Å². The molecule has 2 saturated carbocycles. The molecule has 0 bridgehead atoms. The van der Waals surface area contributed by atoms with E-state index in [1.807, 2.05) is 6.08 Å². The molecular formula is C18H20F4O2. The second-order valence-electron chi connectivity index (χ2n) is 6.50. The predicted octanol–water partition coefficient (Wildman–Crippen LogP) is 5.72. The lowest BCUT2D eigenvalue weighted by atomic mass is 10.1. The number of allylic oxidation sites excluding steroid dienone is 1. The normalized spacial score (nSPS) is 19.2. The van der Waals surface area contributed by atoms with Crippen LogP contribution in [0.25, 0.3) is 6.08 Å². The molecule has 0 amide bonds. The molecule has 1 aromatic rings. The Labute approximate surface area is 138 Å². The Morgan fingerprint density at radius 3 is 2.42 bits per heavy atom. The van der Waals surface area contributed by atoms with E-state index in [0.29, 0.717) is 11.8 Å². The van der Waals surface area contributed by atoms with E-state index in [0.717, 1.165) is 38.5 Å². The first-order chi connectivity index (χ1) is 11.4. The third kappa shape index (κ3) is 4.65. The highest BCUT2D eigenvalue weighted by molar-refractivity contribution is 5.57. The van der Waals surface area contributed by atoms with Crippen molar-refractivity contribution in [3.63, 3.8) is 0 Å². The van der Waals surface area contributed by atoms with Crippen molar-refractivity contribution in [1.29, 1.82) is 0 Å². The quantitative estimate of drug-likeness (QED) is 0.615. The van der Waals surface area contributed by atoms with Gasteiger partial charge in [-0.3, -0.25) is 0 Å². The van der Waals surface area contributed by atoms with Gasteiger partial charge in [-0.1, -0.05) is 25.0 Å². The van der Waals surface area contributed by atoms with E-state index in [2.05, 4.69) is 4.74 Å². The molecule has 2 aliphatic rings. The molecule has 0 heterocycles. The van der Waals surface area contributed by atoms with Gasteiger partial charge in [-0.15, -0.1) is 13.2 Å². The molecule has 2 fully saturated rings. The molecule has 0 aliphatic heterocycles. The smallest absolute Gasteiger partial charge is 0.489 e. The van der Waals surface area contributed by atoms with Crippen molar-refractivity contribution >= 4 is 6.08 Å². The van der Waals surface area contributed by atoms with Crippen LogP contribution in [-0.2, 0) is 0 Å². The molecule has 2 aliphatic carbocycles. The van der Waals surface area contributed by atoms with E-state index in [-0.39, 0.29) is 17.9 Å². The van der Waals surface area contributed by atoms with E-state index in [1.165, 1.54) is 12.1 Å². The first-order valence-electron chi connectivity index (χ1n) is 8.31. The number of hydrogen-bond donors (Lipinski definition) is 0. The minimum absolute atomic E-state index is 0.0833. The number of alkyl halides is 3. The maximum absolute atomic E-state index is 14.5. The summed E-state index contributed by atoms with van der Waals surface area (Å²) in [7, 11) is 0. The first-order valence-corrected chi connectivity index (χ1v) is 8.31. The van der Waals surface area contributed by atoms with E-state index in [9.17, 15) is 17.6 Å². The van der Waals surface area contributed by atoms with Crippen LogP contribution in [-0.4, -0.2) is 13.0 Å². The highest BCUT2D eigenvalue weighted by Crippen LogP contribution is 2.39. The number of benzene rings is 1. The van der Waals surface area contributed by atoms with Crippen LogP contribution in [0, 0.1) is 17.7 Å². The molecule has 6 heteroatoms. The van der Waals surface area contributed by atoms with Gasteiger partial charge in [0, 0.05) is 5.56 Å². The van der Waals surface area contributed by atoms with Gasteiger partial charge < -0.3 is 9.47 Å². The Hall–Kier alpha value is -1.72. The van der Waals surface area contributed by atoms with Crippen LogP contribution in [0.2, 0.25) is 0 Å². The van der Waals surface area contributed by atoms with Crippen LogP contribution in [0.15, 0.2) is 18.2 Å². The predicted molar refractivity (Wildman–Crippen MR) is 82.3 cm³/mol. The van der Waals surface area contributed by atoms with Crippen LogP contribution in [0.5, 0.6) is 11.5 Å². The average molecular weight is 344 g/mol. The molecule has 0 unspecified atom stereocenters. The Bertz CT molecular complexity index is 600. The summed E-state index contributed by atoms with van der Waals surface area (Å²) in [4.78, 5) is 0. The summed E-state index contributed by atoms with van der Waals surface area (Å²) < 4.78 is 61.6. The molecule has 0 radical (unpaired) electrons. The van der Waals surface area contributed by atoms with Gasteiger partial charge >= 0.3 is 6.36 Å². The van der Waals surface area contributed by atoms with Gasteiger partial charge in [-0.05, 0) is 49.7 Å².